The minimum atomic E-state index is 0.857. The molecule has 0 unspecified atom stereocenters. The van der Waals surface area contributed by atoms with Crippen LogP contribution in [-0.4, -0.2) is 0 Å². The molecule has 1 aromatic heterocycles. The molecular weight excluding hydrogens is 655 g/mol. The molecule has 0 aliphatic heterocycles. The molecule has 0 spiro atoms. The molecule has 10 aromatic rings. The smallest absolute Gasteiger partial charge is 0.137 e. The van der Waals surface area contributed by atoms with Crippen LogP contribution in [0.4, 0.5) is 17.1 Å². The molecule has 0 radical (unpaired) electrons. The van der Waals surface area contributed by atoms with Gasteiger partial charge < -0.3 is 9.32 Å². The van der Waals surface area contributed by atoms with Gasteiger partial charge in [0.05, 0.1) is 16.8 Å². The van der Waals surface area contributed by atoms with Gasteiger partial charge in [-0.3, -0.25) is 0 Å². The van der Waals surface area contributed by atoms with Crippen molar-refractivity contribution in [3.63, 3.8) is 0 Å². The maximum Gasteiger partial charge on any atom is 0.137 e. The van der Waals surface area contributed by atoms with E-state index < -0.39 is 0 Å². The zero-order valence-corrected chi connectivity index (χ0v) is 29.6. The zero-order valence-electron chi connectivity index (χ0n) is 29.6. The average molecular weight is 690 g/mol. The molecule has 0 aliphatic rings. The molecule has 0 saturated heterocycles. The van der Waals surface area contributed by atoms with Crippen molar-refractivity contribution in [3.8, 4) is 44.5 Å². The lowest BCUT2D eigenvalue weighted by Gasteiger charge is -2.28. The van der Waals surface area contributed by atoms with E-state index in [1.807, 2.05) is 0 Å². The van der Waals surface area contributed by atoms with E-state index in [2.05, 4.69) is 217 Å². The van der Waals surface area contributed by atoms with Gasteiger partial charge in [-0.05, 0) is 86.1 Å². The van der Waals surface area contributed by atoms with Crippen molar-refractivity contribution < 1.29 is 4.42 Å². The van der Waals surface area contributed by atoms with Crippen LogP contribution in [0.25, 0.3) is 77.2 Å². The average Bonchev–Trinajstić information content (AvgIpc) is 3.65. The maximum absolute atomic E-state index is 6.79. The lowest BCUT2D eigenvalue weighted by atomic mass is 9.94. The molecule has 10 rings (SSSR count). The Morgan fingerprint density at radius 1 is 0.296 bits per heavy atom. The van der Waals surface area contributed by atoms with Gasteiger partial charge in [0.25, 0.3) is 0 Å². The van der Waals surface area contributed by atoms with Gasteiger partial charge in [0, 0.05) is 16.6 Å². The molecule has 2 heteroatoms. The van der Waals surface area contributed by atoms with Gasteiger partial charge in [-0.1, -0.05) is 176 Å². The fourth-order valence-corrected chi connectivity index (χ4v) is 7.93. The largest absolute Gasteiger partial charge is 0.456 e. The van der Waals surface area contributed by atoms with Crippen LogP contribution >= 0.6 is 0 Å². The van der Waals surface area contributed by atoms with Gasteiger partial charge in [0.15, 0.2) is 0 Å². The topological polar surface area (TPSA) is 16.4 Å². The lowest BCUT2D eigenvalue weighted by molar-refractivity contribution is 0.669. The summed E-state index contributed by atoms with van der Waals surface area (Å²) in [4.78, 5) is 2.40. The van der Waals surface area contributed by atoms with Crippen molar-refractivity contribution in [1.29, 1.82) is 0 Å². The Morgan fingerprint density at radius 2 is 0.778 bits per heavy atom. The summed E-state index contributed by atoms with van der Waals surface area (Å²) in [7, 11) is 0. The monoisotopic (exact) mass is 689 g/mol. The van der Waals surface area contributed by atoms with E-state index in [0.29, 0.717) is 0 Å². The molecule has 0 atom stereocenters. The first-order chi connectivity index (χ1) is 26.8. The van der Waals surface area contributed by atoms with Gasteiger partial charge >= 0.3 is 0 Å². The van der Waals surface area contributed by atoms with E-state index in [0.717, 1.165) is 55.7 Å². The third kappa shape index (κ3) is 5.53. The molecule has 0 fully saturated rings. The Kier molecular flexibility index (Phi) is 7.85. The van der Waals surface area contributed by atoms with Crippen molar-refractivity contribution in [3.05, 3.63) is 212 Å². The van der Waals surface area contributed by atoms with Crippen LogP contribution in [0.15, 0.2) is 217 Å². The van der Waals surface area contributed by atoms with E-state index in [-0.39, 0.29) is 0 Å². The van der Waals surface area contributed by atoms with Crippen molar-refractivity contribution in [2.45, 2.75) is 0 Å². The minimum absolute atomic E-state index is 0.857. The number of furan rings is 1. The second-order valence-corrected chi connectivity index (χ2v) is 13.7. The predicted molar refractivity (Wildman–Crippen MR) is 228 cm³/mol. The highest BCUT2D eigenvalue weighted by Gasteiger charge is 2.23. The molecule has 0 saturated carbocycles. The quantitative estimate of drug-likeness (QED) is 0.166. The second-order valence-electron chi connectivity index (χ2n) is 13.7. The Hall–Kier alpha value is -7.16. The molecule has 0 bridgehead atoms. The fourth-order valence-electron chi connectivity index (χ4n) is 7.93. The van der Waals surface area contributed by atoms with Crippen molar-refractivity contribution in [1.82, 2.24) is 0 Å². The summed E-state index contributed by atoms with van der Waals surface area (Å²) in [6.07, 6.45) is 0. The van der Waals surface area contributed by atoms with Gasteiger partial charge in [-0.2, -0.15) is 0 Å². The predicted octanol–water partition coefficient (Wildman–Crippen LogP) is 14.9. The fraction of sp³-hybridized carbons (Fsp3) is 0. The number of hydrogen-bond acceptors (Lipinski definition) is 2. The minimum Gasteiger partial charge on any atom is -0.456 e. The standard InChI is InChI=1S/C52H35NO/c1-4-15-36(16-5-1)37-27-29-38(30-28-37)39-31-33-42(34-32-39)53(47-24-13-12-21-43(47)40-17-6-2-7-18-40)48-25-14-26-49-52(48)51-45-23-11-10-22-44(45)46(35-50(51)54-49)41-19-8-3-9-20-41/h1-35H. The van der Waals surface area contributed by atoms with Crippen LogP contribution in [0.2, 0.25) is 0 Å². The molecule has 54 heavy (non-hydrogen) atoms. The van der Waals surface area contributed by atoms with Crippen LogP contribution < -0.4 is 4.90 Å². The molecule has 1 heterocycles. The third-order valence-corrected chi connectivity index (χ3v) is 10.5. The van der Waals surface area contributed by atoms with Crippen LogP contribution in [0.5, 0.6) is 0 Å². The maximum atomic E-state index is 6.79. The number of para-hydroxylation sites is 1. The first-order valence-corrected chi connectivity index (χ1v) is 18.4. The van der Waals surface area contributed by atoms with E-state index in [9.17, 15) is 0 Å². The molecule has 9 aromatic carbocycles. The number of hydrogen-bond donors (Lipinski definition) is 0. The summed E-state index contributed by atoms with van der Waals surface area (Å²) in [6, 6.07) is 75.7. The second kappa shape index (κ2) is 13.4. The molecule has 2 nitrogen and oxygen atoms in total. The highest BCUT2D eigenvalue weighted by Crippen LogP contribution is 2.48. The number of nitrogens with zero attached hydrogens (tertiary/aromatic N) is 1. The van der Waals surface area contributed by atoms with Crippen molar-refractivity contribution in [2.24, 2.45) is 0 Å². The summed E-state index contributed by atoms with van der Waals surface area (Å²) in [5.74, 6) is 0. The van der Waals surface area contributed by atoms with Crippen LogP contribution in [0, 0.1) is 0 Å². The molecule has 254 valence electrons. The summed E-state index contributed by atoms with van der Waals surface area (Å²) < 4.78 is 6.79. The Balaban J connectivity index is 1.18. The third-order valence-electron chi connectivity index (χ3n) is 10.5. The van der Waals surface area contributed by atoms with E-state index in [4.69, 9.17) is 4.42 Å². The summed E-state index contributed by atoms with van der Waals surface area (Å²) >= 11 is 0. The van der Waals surface area contributed by atoms with Gasteiger partial charge in [-0.15, -0.1) is 0 Å². The van der Waals surface area contributed by atoms with E-state index in [1.54, 1.807) is 0 Å². The van der Waals surface area contributed by atoms with Gasteiger partial charge in [0.2, 0.25) is 0 Å². The molecule has 0 aliphatic carbocycles. The van der Waals surface area contributed by atoms with Crippen LogP contribution in [0.3, 0.4) is 0 Å². The number of fused-ring (bicyclic) bond motifs is 5. The summed E-state index contributed by atoms with van der Waals surface area (Å²) in [5.41, 5.74) is 14.4. The number of anilines is 3. The van der Waals surface area contributed by atoms with E-state index >= 15 is 0 Å². The highest BCUT2D eigenvalue weighted by molar-refractivity contribution is 6.25. The van der Waals surface area contributed by atoms with E-state index in [1.165, 1.54) is 38.6 Å². The van der Waals surface area contributed by atoms with Crippen LogP contribution in [0.1, 0.15) is 0 Å². The zero-order chi connectivity index (χ0) is 35.8. The van der Waals surface area contributed by atoms with Crippen LogP contribution in [-0.2, 0) is 0 Å². The summed E-state index contributed by atoms with van der Waals surface area (Å²) in [5, 5.41) is 4.58. The summed E-state index contributed by atoms with van der Waals surface area (Å²) in [6.45, 7) is 0. The molecule has 0 N–H and O–H groups in total. The molecule has 0 amide bonds. The van der Waals surface area contributed by atoms with Gasteiger partial charge in [-0.25, -0.2) is 0 Å². The van der Waals surface area contributed by atoms with Crippen molar-refractivity contribution >= 4 is 49.8 Å². The Morgan fingerprint density at radius 3 is 1.43 bits per heavy atom. The Bertz CT molecular complexity index is 2890. The lowest BCUT2D eigenvalue weighted by Crippen LogP contribution is -2.11. The normalized spacial score (nSPS) is 11.3. The first-order valence-electron chi connectivity index (χ1n) is 18.4. The van der Waals surface area contributed by atoms with Gasteiger partial charge in [0.1, 0.15) is 11.2 Å². The molecular formula is C52H35NO. The SMILES string of the molecule is c1ccc(-c2ccc(-c3ccc(N(c4ccccc4-c4ccccc4)c4cccc5oc6cc(-c7ccccc7)c7ccccc7c6c45)cc3)cc2)cc1. The Labute approximate surface area is 314 Å². The highest BCUT2D eigenvalue weighted by atomic mass is 16.3. The number of benzene rings is 9. The number of rotatable bonds is 7. The first kappa shape index (κ1) is 31.6. The van der Waals surface area contributed by atoms with Crippen molar-refractivity contribution in [2.75, 3.05) is 4.90 Å².